The smallest absolute Gasteiger partial charge is 0.238 e. The molecular formula is C11H22IN3O2. The highest BCUT2D eigenvalue weighted by atomic mass is 127. The molecule has 6 heteroatoms. The predicted molar refractivity (Wildman–Crippen MR) is 77.0 cm³/mol. The summed E-state index contributed by atoms with van der Waals surface area (Å²) < 4.78 is -0.418. The summed E-state index contributed by atoms with van der Waals surface area (Å²) in [4.78, 5) is 24.6. The van der Waals surface area contributed by atoms with Gasteiger partial charge in [-0.15, -0.1) is 0 Å². The van der Waals surface area contributed by atoms with E-state index in [0.29, 0.717) is 25.9 Å². The molecule has 17 heavy (non-hydrogen) atoms. The lowest BCUT2D eigenvalue weighted by Crippen LogP contribution is -2.44. The number of primary amides is 1. The molecule has 0 saturated carbocycles. The summed E-state index contributed by atoms with van der Waals surface area (Å²) in [5.41, 5.74) is 5.08. The van der Waals surface area contributed by atoms with Gasteiger partial charge in [-0.25, -0.2) is 0 Å². The molecule has 2 amide bonds. The van der Waals surface area contributed by atoms with Gasteiger partial charge >= 0.3 is 0 Å². The summed E-state index contributed by atoms with van der Waals surface area (Å²) >= 11 is 2.13. The first-order valence-corrected chi connectivity index (χ1v) is 6.78. The van der Waals surface area contributed by atoms with Gasteiger partial charge in [-0.2, -0.15) is 0 Å². The Balaban J connectivity index is 4.32. The molecule has 100 valence electrons. The van der Waals surface area contributed by atoms with E-state index in [9.17, 15) is 9.59 Å². The molecule has 0 rings (SSSR count). The van der Waals surface area contributed by atoms with E-state index in [1.807, 2.05) is 20.9 Å². The van der Waals surface area contributed by atoms with Gasteiger partial charge < -0.3 is 16.0 Å². The Morgan fingerprint density at radius 1 is 1.35 bits per heavy atom. The van der Waals surface area contributed by atoms with Crippen LogP contribution in [0.15, 0.2) is 0 Å². The lowest BCUT2D eigenvalue weighted by Gasteiger charge is -2.28. The second-order valence-corrected chi connectivity index (χ2v) is 7.13. The highest BCUT2D eigenvalue weighted by Gasteiger charge is 2.28. The van der Waals surface area contributed by atoms with Crippen molar-refractivity contribution in [2.45, 2.75) is 30.1 Å². The summed E-state index contributed by atoms with van der Waals surface area (Å²) in [6, 6.07) is 0. The monoisotopic (exact) mass is 355 g/mol. The minimum atomic E-state index is -0.418. The summed E-state index contributed by atoms with van der Waals surface area (Å²) in [6.45, 7) is 5.75. The minimum Gasteiger partial charge on any atom is -0.370 e. The van der Waals surface area contributed by atoms with Gasteiger partial charge in [0.25, 0.3) is 0 Å². The molecule has 0 aromatic heterocycles. The maximum Gasteiger partial charge on any atom is 0.238 e. The topological polar surface area (TPSA) is 75.4 Å². The third-order valence-electron chi connectivity index (χ3n) is 2.28. The lowest BCUT2D eigenvalue weighted by atomic mass is 10.1. The first kappa shape index (κ1) is 16.6. The van der Waals surface area contributed by atoms with Gasteiger partial charge in [0.1, 0.15) is 0 Å². The number of carbonyl (C=O) groups excluding carboxylic acids is 2. The Kier molecular flexibility index (Phi) is 7.69. The average Bonchev–Trinajstić information content (AvgIpc) is 2.20. The number of nitrogens with one attached hydrogen (secondary N) is 1. The number of nitrogens with zero attached hydrogens (tertiary/aromatic N) is 1. The van der Waals surface area contributed by atoms with Crippen LogP contribution in [0.5, 0.6) is 0 Å². The van der Waals surface area contributed by atoms with E-state index in [1.165, 1.54) is 0 Å². The van der Waals surface area contributed by atoms with Crippen LogP contribution >= 0.6 is 22.6 Å². The molecule has 0 heterocycles. The van der Waals surface area contributed by atoms with Gasteiger partial charge in [-0.1, -0.05) is 22.6 Å². The number of amides is 2. The number of rotatable bonds is 8. The van der Waals surface area contributed by atoms with E-state index in [4.69, 9.17) is 5.73 Å². The maximum atomic E-state index is 12.1. The summed E-state index contributed by atoms with van der Waals surface area (Å²) in [7, 11) is 1.85. The van der Waals surface area contributed by atoms with Gasteiger partial charge in [0.05, 0.1) is 3.42 Å². The SMILES string of the molecule is CNCCN(CCCC(N)=O)C(=O)C(C)(C)I. The molecular weight excluding hydrogens is 333 g/mol. The van der Waals surface area contributed by atoms with Crippen LogP contribution in [0.2, 0.25) is 0 Å². The minimum absolute atomic E-state index is 0.0952. The van der Waals surface area contributed by atoms with E-state index < -0.39 is 3.42 Å². The molecule has 0 spiro atoms. The molecule has 3 N–H and O–H groups in total. The number of carbonyl (C=O) groups is 2. The van der Waals surface area contributed by atoms with Gasteiger partial charge in [0, 0.05) is 26.1 Å². The number of alkyl halides is 1. The van der Waals surface area contributed by atoms with E-state index >= 15 is 0 Å². The number of hydrogen-bond acceptors (Lipinski definition) is 3. The van der Waals surface area contributed by atoms with E-state index in [-0.39, 0.29) is 11.8 Å². The van der Waals surface area contributed by atoms with Crippen molar-refractivity contribution in [3.8, 4) is 0 Å². The Morgan fingerprint density at radius 2 is 1.94 bits per heavy atom. The van der Waals surface area contributed by atoms with Gasteiger partial charge in [-0.3, -0.25) is 9.59 Å². The standard InChI is InChI=1S/C11H22IN3O2/c1-11(2,12)10(17)15(8-6-14-3)7-4-5-9(13)16/h14H,4-8H2,1-3H3,(H2,13,16). The van der Waals surface area contributed by atoms with Crippen LogP contribution in [0.4, 0.5) is 0 Å². The van der Waals surface area contributed by atoms with Crippen molar-refractivity contribution in [2.24, 2.45) is 5.73 Å². The number of hydrogen-bond donors (Lipinski definition) is 2. The Morgan fingerprint density at radius 3 is 2.35 bits per heavy atom. The fourth-order valence-electron chi connectivity index (χ4n) is 1.38. The van der Waals surface area contributed by atoms with E-state index in [0.717, 1.165) is 6.54 Å². The van der Waals surface area contributed by atoms with Gasteiger partial charge in [-0.05, 0) is 27.3 Å². The van der Waals surface area contributed by atoms with Crippen LogP contribution in [0.25, 0.3) is 0 Å². The largest absolute Gasteiger partial charge is 0.370 e. The molecule has 5 nitrogen and oxygen atoms in total. The van der Waals surface area contributed by atoms with Crippen molar-refractivity contribution < 1.29 is 9.59 Å². The zero-order valence-corrected chi connectivity index (χ0v) is 12.9. The third-order valence-corrected chi connectivity index (χ3v) is 2.74. The molecule has 0 aliphatic carbocycles. The van der Waals surface area contributed by atoms with E-state index in [1.54, 1.807) is 4.90 Å². The van der Waals surface area contributed by atoms with Crippen molar-refractivity contribution in [3.05, 3.63) is 0 Å². The van der Waals surface area contributed by atoms with Crippen LogP contribution in [0.1, 0.15) is 26.7 Å². The predicted octanol–water partition coefficient (Wildman–Crippen LogP) is 0.513. The van der Waals surface area contributed by atoms with Crippen molar-refractivity contribution in [1.82, 2.24) is 10.2 Å². The molecule has 0 aromatic rings. The summed E-state index contributed by atoms with van der Waals surface area (Å²) in [5, 5.41) is 3.02. The summed E-state index contributed by atoms with van der Waals surface area (Å²) in [6.07, 6.45) is 0.947. The van der Waals surface area contributed by atoms with Gasteiger partial charge in [0.15, 0.2) is 0 Å². The highest BCUT2D eigenvalue weighted by Crippen LogP contribution is 2.20. The van der Waals surface area contributed by atoms with Crippen LogP contribution in [-0.4, -0.2) is 46.8 Å². The lowest BCUT2D eigenvalue weighted by molar-refractivity contribution is -0.132. The first-order valence-electron chi connectivity index (χ1n) is 5.70. The first-order chi connectivity index (χ1) is 7.79. The number of nitrogens with two attached hydrogens (primary N) is 1. The van der Waals surface area contributed by atoms with Crippen LogP contribution in [0, 0.1) is 0 Å². The zero-order valence-electron chi connectivity index (χ0n) is 10.8. The van der Waals surface area contributed by atoms with Gasteiger partial charge in [0.2, 0.25) is 11.8 Å². The Labute approximate surface area is 117 Å². The van der Waals surface area contributed by atoms with Crippen molar-refractivity contribution in [3.63, 3.8) is 0 Å². The molecule has 0 fully saturated rings. The molecule has 0 saturated heterocycles. The molecule has 0 aliphatic rings. The molecule has 0 atom stereocenters. The Bertz CT molecular complexity index is 264. The van der Waals surface area contributed by atoms with E-state index in [2.05, 4.69) is 27.9 Å². The average molecular weight is 355 g/mol. The quantitative estimate of drug-likeness (QED) is 0.492. The highest BCUT2D eigenvalue weighted by molar-refractivity contribution is 14.1. The maximum absolute atomic E-state index is 12.1. The Hall–Kier alpha value is -0.370. The molecule has 0 unspecified atom stereocenters. The number of halogens is 1. The van der Waals surface area contributed by atoms with Crippen molar-refractivity contribution >= 4 is 34.4 Å². The summed E-state index contributed by atoms with van der Waals surface area (Å²) in [5.74, 6) is -0.224. The second-order valence-electron chi connectivity index (χ2n) is 4.44. The second kappa shape index (κ2) is 7.86. The fourth-order valence-corrected chi connectivity index (χ4v) is 1.72. The molecule has 0 bridgehead atoms. The molecule has 0 aromatic carbocycles. The number of likely N-dealkylation sites (N-methyl/N-ethyl adjacent to an activating group) is 1. The fraction of sp³-hybridized carbons (Fsp3) is 0.818. The molecule has 0 aliphatic heterocycles. The van der Waals surface area contributed by atoms with Crippen molar-refractivity contribution in [1.29, 1.82) is 0 Å². The van der Waals surface area contributed by atoms with Crippen molar-refractivity contribution in [2.75, 3.05) is 26.7 Å². The van der Waals surface area contributed by atoms with Crippen LogP contribution in [0.3, 0.4) is 0 Å². The normalized spacial score (nSPS) is 11.3. The van der Waals surface area contributed by atoms with Crippen LogP contribution < -0.4 is 11.1 Å². The van der Waals surface area contributed by atoms with Crippen LogP contribution in [-0.2, 0) is 9.59 Å². The third kappa shape index (κ3) is 7.54. The molecule has 0 radical (unpaired) electrons. The zero-order chi connectivity index (χ0) is 13.5.